The van der Waals surface area contributed by atoms with E-state index in [0.29, 0.717) is 6.42 Å². The molecular formula is C13H21N3O5. The molecule has 8 nitrogen and oxygen atoms in total. The molecule has 8 heteroatoms. The van der Waals surface area contributed by atoms with Gasteiger partial charge in [0.15, 0.2) is 0 Å². The number of aliphatic carboxylic acids is 1. The van der Waals surface area contributed by atoms with Crippen LogP contribution in [0.2, 0.25) is 0 Å². The van der Waals surface area contributed by atoms with E-state index in [1.54, 1.807) is 6.92 Å². The molecule has 1 fully saturated rings. The van der Waals surface area contributed by atoms with E-state index in [2.05, 4.69) is 10.6 Å². The summed E-state index contributed by atoms with van der Waals surface area (Å²) >= 11 is 0. The van der Waals surface area contributed by atoms with Crippen LogP contribution in [0.1, 0.15) is 34.1 Å². The van der Waals surface area contributed by atoms with Crippen molar-refractivity contribution in [3.63, 3.8) is 0 Å². The Kier molecular flexibility index (Phi) is 4.93. The Morgan fingerprint density at radius 2 is 2.00 bits per heavy atom. The van der Waals surface area contributed by atoms with Crippen LogP contribution in [-0.4, -0.2) is 51.9 Å². The van der Waals surface area contributed by atoms with Gasteiger partial charge in [0.05, 0.1) is 0 Å². The number of carbonyl (C=O) groups excluding carboxylic acids is 3. The minimum atomic E-state index is -1.23. The van der Waals surface area contributed by atoms with E-state index in [1.165, 1.54) is 13.8 Å². The highest BCUT2D eigenvalue weighted by Gasteiger charge is 2.44. The summed E-state index contributed by atoms with van der Waals surface area (Å²) in [7, 11) is 0. The van der Waals surface area contributed by atoms with Gasteiger partial charge >= 0.3 is 12.0 Å². The number of nitrogens with one attached hydrogen (secondary N) is 2. The molecule has 0 aromatic rings. The summed E-state index contributed by atoms with van der Waals surface area (Å²) in [4.78, 5) is 47.7. The lowest BCUT2D eigenvalue weighted by Gasteiger charge is -2.40. The summed E-state index contributed by atoms with van der Waals surface area (Å²) < 4.78 is 0. The Labute approximate surface area is 122 Å². The van der Waals surface area contributed by atoms with E-state index < -0.39 is 35.4 Å². The number of carboxylic acids is 1. The van der Waals surface area contributed by atoms with E-state index in [9.17, 15) is 24.3 Å². The normalized spacial score (nSPS) is 20.5. The van der Waals surface area contributed by atoms with Gasteiger partial charge in [0.25, 0.3) is 5.91 Å². The van der Waals surface area contributed by atoms with Crippen molar-refractivity contribution in [1.29, 1.82) is 0 Å². The largest absolute Gasteiger partial charge is 0.480 e. The fourth-order valence-electron chi connectivity index (χ4n) is 2.00. The average Bonchev–Trinajstić information content (AvgIpc) is 2.38. The molecule has 1 rings (SSSR count). The monoisotopic (exact) mass is 299 g/mol. The molecule has 0 aromatic heterocycles. The zero-order valence-corrected chi connectivity index (χ0v) is 12.6. The molecule has 1 aliphatic heterocycles. The summed E-state index contributed by atoms with van der Waals surface area (Å²) in [6.07, 6.45) is 0.570. The Balaban J connectivity index is 2.93. The first kappa shape index (κ1) is 16.9. The first-order chi connectivity index (χ1) is 9.61. The van der Waals surface area contributed by atoms with Crippen molar-refractivity contribution in [3.8, 4) is 0 Å². The van der Waals surface area contributed by atoms with Gasteiger partial charge in [-0.2, -0.15) is 0 Å². The number of piperazine rings is 1. The van der Waals surface area contributed by atoms with Crippen molar-refractivity contribution in [2.45, 2.75) is 45.7 Å². The number of hydrogen-bond acceptors (Lipinski definition) is 4. The number of carboxylic acid groups (broad SMARTS) is 1. The van der Waals surface area contributed by atoms with E-state index in [1.807, 2.05) is 6.92 Å². The van der Waals surface area contributed by atoms with Gasteiger partial charge in [-0.25, -0.2) is 9.59 Å². The number of urea groups is 1. The lowest BCUT2D eigenvalue weighted by molar-refractivity contribution is -0.142. The fraction of sp³-hybridized carbons (Fsp3) is 0.692. The van der Waals surface area contributed by atoms with Crippen LogP contribution < -0.4 is 10.6 Å². The number of rotatable bonds is 4. The molecule has 0 aliphatic carbocycles. The van der Waals surface area contributed by atoms with Gasteiger partial charge in [-0.3, -0.25) is 14.9 Å². The van der Waals surface area contributed by atoms with Gasteiger partial charge in [0.1, 0.15) is 18.1 Å². The molecule has 0 saturated carbocycles. The van der Waals surface area contributed by atoms with Crippen LogP contribution in [0.25, 0.3) is 0 Å². The van der Waals surface area contributed by atoms with Crippen LogP contribution in [0.15, 0.2) is 0 Å². The molecule has 118 valence electrons. The van der Waals surface area contributed by atoms with Gasteiger partial charge < -0.3 is 15.3 Å². The lowest BCUT2D eigenvalue weighted by atomic mass is 9.98. The summed E-state index contributed by atoms with van der Waals surface area (Å²) in [5.41, 5.74) is -1.23. The van der Waals surface area contributed by atoms with Crippen molar-refractivity contribution in [2.75, 3.05) is 6.54 Å². The van der Waals surface area contributed by atoms with E-state index >= 15 is 0 Å². The molecule has 4 amide bonds. The molecule has 1 aliphatic rings. The Morgan fingerprint density at radius 3 is 2.48 bits per heavy atom. The Hall–Kier alpha value is -2.12. The minimum absolute atomic E-state index is 0.274. The quantitative estimate of drug-likeness (QED) is 0.629. The van der Waals surface area contributed by atoms with Crippen molar-refractivity contribution >= 4 is 23.8 Å². The average molecular weight is 299 g/mol. The molecule has 2 atom stereocenters. The third kappa shape index (κ3) is 3.50. The highest BCUT2D eigenvalue weighted by molar-refractivity contribution is 6.06. The maximum Gasteiger partial charge on any atom is 0.326 e. The van der Waals surface area contributed by atoms with Crippen molar-refractivity contribution < 1.29 is 24.3 Å². The van der Waals surface area contributed by atoms with E-state index in [-0.39, 0.29) is 12.5 Å². The van der Waals surface area contributed by atoms with Crippen molar-refractivity contribution in [1.82, 2.24) is 15.5 Å². The molecule has 21 heavy (non-hydrogen) atoms. The smallest absolute Gasteiger partial charge is 0.326 e. The summed E-state index contributed by atoms with van der Waals surface area (Å²) in [5.74, 6) is -2.61. The van der Waals surface area contributed by atoms with Crippen LogP contribution in [0, 0.1) is 5.92 Å². The van der Waals surface area contributed by atoms with E-state index in [4.69, 9.17) is 0 Å². The number of nitrogens with zero attached hydrogens (tertiary/aromatic N) is 1. The van der Waals surface area contributed by atoms with Gasteiger partial charge in [0, 0.05) is 0 Å². The van der Waals surface area contributed by atoms with Gasteiger partial charge in [0.2, 0.25) is 5.91 Å². The zero-order chi connectivity index (χ0) is 16.4. The van der Waals surface area contributed by atoms with Crippen LogP contribution in [0.5, 0.6) is 0 Å². The topological polar surface area (TPSA) is 116 Å². The van der Waals surface area contributed by atoms with Crippen LogP contribution in [0.3, 0.4) is 0 Å². The highest BCUT2D eigenvalue weighted by atomic mass is 16.4. The molecule has 0 radical (unpaired) electrons. The zero-order valence-electron chi connectivity index (χ0n) is 12.6. The maximum absolute atomic E-state index is 12.3. The molecule has 1 heterocycles. The number of imide groups is 1. The SMILES string of the molecule is CC[C@H](C)[C@H](NC(=O)N1CC(=O)NC(=O)C1(C)C)C(=O)O. The second kappa shape index (κ2) is 6.11. The van der Waals surface area contributed by atoms with Crippen molar-refractivity contribution in [2.24, 2.45) is 5.92 Å². The number of carbonyl (C=O) groups is 4. The fourth-order valence-corrected chi connectivity index (χ4v) is 2.00. The highest BCUT2D eigenvalue weighted by Crippen LogP contribution is 2.19. The summed E-state index contributed by atoms with van der Waals surface area (Å²) in [6, 6.07) is -1.81. The third-order valence-electron chi connectivity index (χ3n) is 3.79. The standard InChI is InChI=1S/C13H21N3O5/c1-5-7(2)9(10(18)19)15-12(21)16-6-8(17)14-11(20)13(16,3)4/h7,9H,5-6H2,1-4H3,(H,15,21)(H,18,19)(H,14,17,20)/t7-,9-/m0/s1. The lowest BCUT2D eigenvalue weighted by Crippen LogP contribution is -2.68. The molecule has 3 N–H and O–H groups in total. The second-order valence-electron chi connectivity index (χ2n) is 5.67. The maximum atomic E-state index is 12.3. The molecular weight excluding hydrogens is 278 g/mol. The van der Waals surface area contributed by atoms with Crippen LogP contribution in [0.4, 0.5) is 4.79 Å². The summed E-state index contributed by atoms with van der Waals surface area (Å²) in [5, 5.41) is 13.7. The molecule has 0 spiro atoms. The first-order valence-electron chi connectivity index (χ1n) is 6.76. The molecule has 0 bridgehead atoms. The van der Waals surface area contributed by atoms with Crippen LogP contribution in [-0.2, 0) is 14.4 Å². The predicted molar refractivity (Wildman–Crippen MR) is 73.3 cm³/mol. The Morgan fingerprint density at radius 1 is 1.43 bits per heavy atom. The summed E-state index contributed by atoms with van der Waals surface area (Å²) in [6.45, 7) is 6.21. The first-order valence-corrected chi connectivity index (χ1v) is 6.76. The second-order valence-corrected chi connectivity index (χ2v) is 5.67. The molecule has 1 saturated heterocycles. The number of amides is 4. The minimum Gasteiger partial charge on any atom is -0.480 e. The Bertz CT molecular complexity index is 474. The van der Waals surface area contributed by atoms with Crippen LogP contribution >= 0.6 is 0 Å². The molecule has 0 aromatic carbocycles. The third-order valence-corrected chi connectivity index (χ3v) is 3.79. The van der Waals surface area contributed by atoms with Gasteiger partial charge in [-0.1, -0.05) is 20.3 Å². The molecule has 0 unspecified atom stereocenters. The number of hydrogen-bond donors (Lipinski definition) is 3. The van der Waals surface area contributed by atoms with Crippen molar-refractivity contribution in [3.05, 3.63) is 0 Å². The van der Waals surface area contributed by atoms with Gasteiger partial charge in [-0.05, 0) is 19.8 Å². The van der Waals surface area contributed by atoms with E-state index in [0.717, 1.165) is 4.90 Å². The predicted octanol–water partition coefficient (Wildman–Crippen LogP) is -0.0677. The van der Waals surface area contributed by atoms with Gasteiger partial charge in [-0.15, -0.1) is 0 Å².